The Kier molecular flexibility index (Phi) is 3.53. The number of carbonyl (C=O) groups excluding carboxylic acids is 2. The fraction of sp³-hybridized carbons (Fsp3) is 0.412. The first kappa shape index (κ1) is 13.9. The number of amides is 2. The zero-order valence-corrected chi connectivity index (χ0v) is 12.3. The molecule has 2 aliphatic rings. The smallest absolute Gasteiger partial charge is 0.235 e. The zero-order chi connectivity index (χ0) is 15.0. The molecule has 1 N–H and O–H groups in total. The van der Waals surface area contributed by atoms with E-state index in [0.29, 0.717) is 0 Å². The number of hydrogen-bond acceptors (Lipinski definition) is 3. The Morgan fingerprint density at radius 2 is 1.71 bits per heavy atom. The van der Waals surface area contributed by atoms with Crippen LogP contribution in [0.5, 0.6) is 0 Å². The van der Waals surface area contributed by atoms with Gasteiger partial charge in [-0.15, -0.1) is 0 Å². The Hall–Kier alpha value is -2.10. The number of imide groups is 1. The molecule has 3 rings (SSSR count). The molecule has 2 amide bonds. The monoisotopic (exact) mass is 284 g/mol. The van der Waals surface area contributed by atoms with Gasteiger partial charge in [-0.25, -0.2) is 0 Å². The Balaban J connectivity index is 1.91. The number of hydrogen-bond donors (Lipinski definition) is 1. The van der Waals surface area contributed by atoms with E-state index in [-0.39, 0.29) is 35.6 Å². The maximum Gasteiger partial charge on any atom is 0.235 e. The average Bonchev–Trinajstić information content (AvgIpc) is 2.74. The van der Waals surface area contributed by atoms with Gasteiger partial charge in [0.15, 0.2) is 0 Å². The lowest BCUT2D eigenvalue weighted by atomic mass is 9.73. The van der Waals surface area contributed by atoms with Crippen molar-refractivity contribution >= 4 is 17.5 Å². The molecule has 21 heavy (non-hydrogen) atoms. The highest BCUT2D eigenvalue weighted by Gasteiger charge is 2.52. The molecule has 0 bridgehead atoms. The molecule has 0 radical (unpaired) electrons. The van der Waals surface area contributed by atoms with Crippen LogP contribution in [0.15, 0.2) is 42.5 Å². The molecule has 4 nitrogen and oxygen atoms in total. The lowest BCUT2D eigenvalue weighted by molar-refractivity contribution is -0.138. The van der Waals surface area contributed by atoms with E-state index in [1.807, 2.05) is 36.4 Å². The van der Waals surface area contributed by atoms with E-state index in [0.717, 1.165) is 12.1 Å². The number of allylic oxidation sites excluding steroid dienone is 1. The molecule has 1 fully saturated rings. The minimum Gasteiger partial charge on any atom is -0.378 e. The molecule has 0 spiro atoms. The molecule has 1 aromatic rings. The van der Waals surface area contributed by atoms with Gasteiger partial charge in [0, 0.05) is 12.7 Å². The Morgan fingerprint density at radius 1 is 1.05 bits per heavy atom. The molecule has 1 heterocycles. The molecule has 0 unspecified atom stereocenters. The van der Waals surface area contributed by atoms with Crippen molar-refractivity contribution in [2.24, 2.45) is 17.8 Å². The number of likely N-dealkylation sites (tertiary alicyclic amines) is 1. The number of benzene rings is 1. The molecular formula is C17H20N2O2. The summed E-state index contributed by atoms with van der Waals surface area (Å²) in [5.74, 6) is -0.469. The minimum atomic E-state index is -0.294. The third kappa shape index (κ3) is 2.24. The van der Waals surface area contributed by atoms with Gasteiger partial charge >= 0.3 is 0 Å². The Bertz CT molecular complexity index is 582. The fourth-order valence-corrected chi connectivity index (χ4v) is 3.45. The minimum absolute atomic E-state index is 0.0407. The van der Waals surface area contributed by atoms with E-state index < -0.39 is 0 Å². The Labute approximate surface area is 124 Å². The molecule has 0 saturated carbocycles. The largest absolute Gasteiger partial charge is 0.378 e. The topological polar surface area (TPSA) is 49.4 Å². The third-order valence-electron chi connectivity index (χ3n) is 4.61. The number of fused-ring (bicyclic) bond motifs is 1. The maximum atomic E-state index is 12.4. The van der Waals surface area contributed by atoms with Gasteiger partial charge in [0.25, 0.3) is 0 Å². The van der Waals surface area contributed by atoms with Crippen molar-refractivity contribution in [2.45, 2.75) is 19.4 Å². The summed E-state index contributed by atoms with van der Waals surface area (Å²) < 4.78 is 0. The van der Waals surface area contributed by atoms with E-state index in [4.69, 9.17) is 0 Å². The summed E-state index contributed by atoms with van der Waals surface area (Å²) in [6.45, 7) is 2.06. The summed E-state index contributed by atoms with van der Waals surface area (Å²) in [4.78, 5) is 26.1. The van der Waals surface area contributed by atoms with Crippen LogP contribution in [0.4, 0.5) is 5.69 Å². The molecular weight excluding hydrogens is 264 g/mol. The number of nitrogens with zero attached hydrogens (tertiary/aromatic N) is 1. The summed E-state index contributed by atoms with van der Waals surface area (Å²) in [7, 11) is 1.59. The maximum absolute atomic E-state index is 12.4. The normalized spacial score (nSPS) is 31.4. The highest BCUT2D eigenvalue weighted by Crippen LogP contribution is 2.40. The molecule has 1 aliphatic heterocycles. The van der Waals surface area contributed by atoms with Gasteiger partial charge in [-0.1, -0.05) is 37.3 Å². The number of anilines is 1. The summed E-state index contributed by atoms with van der Waals surface area (Å²) in [6.07, 6.45) is 5.02. The quantitative estimate of drug-likeness (QED) is 0.684. The lowest BCUT2D eigenvalue weighted by Gasteiger charge is -2.32. The second kappa shape index (κ2) is 5.35. The first-order valence-electron chi connectivity index (χ1n) is 7.44. The van der Waals surface area contributed by atoms with Crippen molar-refractivity contribution in [3.63, 3.8) is 0 Å². The summed E-state index contributed by atoms with van der Waals surface area (Å²) >= 11 is 0. The number of rotatable bonds is 3. The summed E-state index contributed by atoms with van der Waals surface area (Å²) in [6, 6.07) is 9.68. The molecule has 110 valence electrons. The Morgan fingerprint density at radius 3 is 2.38 bits per heavy atom. The van der Waals surface area contributed by atoms with Crippen LogP contribution in [0.3, 0.4) is 0 Å². The first-order valence-corrected chi connectivity index (χ1v) is 7.44. The predicted octanol–water partition coefficient (Wildman–Crippen LogP) is 2.29. The number of para-hydroxylation sites is 1. The van der Waals surface area contributed by atoms with Gasteiger partial charge in [0.05, 0.1) is 17.9 Å². The first-order chi connectivity index (χ1) is 10.1. The predicted molar refractivity (Wildman–Crippen MR) is 81.5 cm³/mol. The average molecular weight is 284 g/mol. The van der Waals surface area contributed by atoms with Crippen molar-refractivity contribution in [3.8, 4) is 0 Å². The van der Waals surface area contributed by atoms with Gasteiger partial charge in [0.2, 0.25) is 11.8 Å². The second-order valence-corrected chi connectivity index (χ2v) is 5.78. The van der Waals surface area contributed by atoms with Crippen LogP contribution in [0.25, 0.3) is 0 Å². The van der Waals surface area contributed by atoms with Crippen LogP contribution in [0.2, 0.25) is 0 Å². The highest BCUT2D eigenvalue weighted by atomic mass is 16.2. The van der Waals surface area contributed by atoms with Gasteiger partial charge < -0.3 is 5.32 Å². The van der Waals surface area contributed by atoms with E-state index in [9.17, 15) is 9.59 Å². The van der Waals surface area contributed by atoms with Gasteiger partial charge in [-0.3, -0.25) is 14.5 Å². The second-order valence-electron chi connectivity index (χ2n) is 5.78. The van der Waals surface area contributed by atoms with Crippen molar-refractivity contribution in [3.05, 3.63) is 42.5 Å². The highest BCUT2D eigenvalue weighted by molar-refractivity contribution is 6.06. The van der Waals surface area contributed by atoms with Crippen LogP contribution in [-0.4, -0.2) is 29.8 Å². The number of carbonyl (C=O) groups is 2. The van der Waals surface area contributed by atoms with Crippen LogP contribution in [-0.2, 0) is 9.59 Å². The molecule has 4 heteroatoms. The van der Waals surface area contributed by atoms with Gasteiger partial charge in [0.1, 0.15) is 0 Å². The fourth-order valence-electron chi connectivity index (χ4n) is 3.45. The number of nitrogens with one attached hydrogen (secondary N) is 1. The van der Waals surface area contributed by atoms with Crippen molar-refractivity contribution in [1.82, 2.24) is 4.90 Å². The van der Waals surface area contributed by atoms with E-state index in [1.165, 1.54) is 4.90 Å². The summed E-state index contributed by atoms with van der Waals surface area (Å²) in [5, 5.41) is 3.38. The van der Waals surface area contributed by atoms with Gasteiger partial charge in [-0.2, -0.15) is 0 Å². The molecule has 0 aromatic heterocycles. The zero-order valence-electron chi connectivity index (χ0n) is 12.3. The van der Waals surface area contributed by atoms with E-state index in [2.05, 4.69) is 18.3 Å². The standard InChI is InChI=1S/C17H20N2O2/c1-3-11-9-10-13(18-12-7-5-4-6-8-12)15-14(11)16(20)19(2)17(15)21/h4-11,13-15,18H,3H2,1-2H3/t11-,13+,14-,15+/m0/s1. The lowest BCUT2D eigenvalue weighted by Crippen LogP contribution is -2.40. The molecule has 1 aromatic carbocycles. The summed E-state index contributed by atoms with van der Waals surface area (Å²) in [5.41, 5.74) is 0.968. The SMILES string of the molecule is CC[C@H]1C=C[C@@H](Nc2ccccc2)[C@H]2C(=O)N(C)C(=O)[C@H]21. The van der Waals surface area contributed by atoms with Crippen molar-refractivity contribution in [2.75, 3.05) is 12.4 Å². The van der Waals surface area contributed by atoms with Crippen LogP contribution in [0, 0.1) is 17.8 Å². The van der Waals surface area contributed by atoms with Crippen LogP contribution < -0.4 is 5.32 Å². The van der Waals surface area contributed by atoms with Gasteiger partial charge in [-0.05, 0) is 24.5 Å². The van der Waals surface area contributed by atoms with E-state index >= 15 is 0 Å². The molecule has 1 saturated heterocycles. The van der Waals surface area contributed by atoms with E-state index in [1.54, 1.807) is 7.05 Å². The molecule has 4 atom stereocenters. The third-order valence-corrected chi connectivity index (χ3v) is 4.61. The van der Waals surface area contributed by atoms with Crippen molar-refractivity contribution < 1.29 is 9.59 Å². The van der Waals surface area contributed by atoms with Crippen LogP contribution >= 0.6 is 0 Å². The van der Waals surface area contributed by atoms with Crippen molar-refractivity contribution in [1.29, 1.82) is 0 Å². The molecule has 1 aliphatic carbocycles. The van der Waals surface area contributed by atoms with Crippen LogP contribution in [0.1, 0.15) is 13.3 Å².